The number of carbonyl (C=O) groups excluding carboxylic acids is 3. The van der Waals surface area contributed by atoms with Gasteiger partial charge in [0, 0.05) is 25.1 Å². The second-order valence-electron chi connectivity index (χ2n) is 7.40. The van der Waals surface area contributed by atoms with Crippen LogP contribution in [0.3, 0.4) is 0 Å². The van der Waals surface area contributed by atoms with Crippen LogP contribution in [0.15, 0.2) is 48.5 Å². The Morgan fingerprint density at radius 3 is 2.55 bits per heavy atom. The number of benzene rings is 2. The number of nitrogens with one attached hydrogen (secondary N) is 1. The molecule has 0 unspecified atom stereocenters. The number of hydrogen-bond acceptors (Lipinski definition) is 4. The third kappa shape index (κ3) is 4.65. The van der Waals surface area contributed by atoms with Gasteiger partial charge in [0.2, 0.25) is 11.8 Å². The average molecular weight is 394 g/mol. The van der Waals surface area contributed by atoms with Crippen LogP contribution in [0.5, 0.6) is 0 Å². The average Bonchev–Trinajstić information content (AvgIpc) is 3.11. The smallest absolute Gasteiger partial charge is 0.328 e. The molecule has 2 amide bonds. The fourth-order valence-corrected chi connectivity index (χ4v) is 3.62. The molecule has 1 aliphatic rings. The monoisotopic (exact) mass is 394 g/mol. The van der Waals surface area contributed by atoms with Gasteiger partial charge in [0.1, 0.15) is 6.04 Å². The third-order valence-electron chi connectivity index (χ3n) is 5.45. The number of esters is 1. The summed E-state index contributed by atoms with van der Waals surface area (Å²) in [5, 5.41) is 2.78. The molecule has 1 fully saturated rings. The standard InChI is InChI=1S/C23H26N2O4/c1-15-8-7-11-20(16(15)2)25-14-18(13-21(25)26)22(27)24-19(23(28)29-3)12-17-9-5-4-6-10-17/h4-11,18-19H,12-14H2,1-3H3,(H,24,27)/t18-,19-/m1/s1. The van der Waals surface area contributed by atoms with Gasteiger partial charge in [-0.05, 0) is 36.6 Å². The predicted octanol–water partition coefficient (Wildman–Crippen LogP) is 2.56. The number of hydrogen-bond donors (Lipinski definition) is 1. The third-order valence-corrected chi connectivity index (χ3v) is 5.45. The molecule has 0 spiro atoms. The zero-order valence-corrected chi connectivity index (χ0v) is 17.0. The molecule has 0 radical (unpaired) electrons. The molecular weight excluding hydrogens is 368 g/mol. The number of aryl methyl sites for hydroxylation is 1. The molecule has 0 saturated carbocycles. The van der Waals surface area contributed by atoms with E-state index in [1.165, 1.54) is 7.11 Å². The highest BCUT2D eigenvalue weighted by molar-refractivity contribution is 6.01. The fourth-order valence-electron chi connectivity index (χ4n) is 3.62. The summed E-state index contributed by atoms with van der Waals surface area (Å²) in [5.74, 6) is -1.41. The SMILES string of the molecule is COC(=O)[C@@H](Cc1ccccc1)NC(=O)[C@@H]1CC(=O)N(c2cccc(C)c2C)C1. The highest BCUT2D eigenvalue weighted by atomic mass is 16.5. The number of rotatable bonds is 6. The zero-order chi connectivity index (χ0) is 21.0. The maximum Gasteiger partial charge on any atom is 0.328 e. The summed E-state index contributed by atoms with van der Waals surface area (Å²) in [5.41, 5.74) is 3.87. The van der Waals surface area contributed by atoms with E-state index in [2.05, 4.69) is 5.32 Å². The summed E-state index contributed by atoms with van der Waals surface area (Å²) in [6.07, 6.45) is 0.457. The van der Waals surface area contributed by atoms with Crippen LogP contribution in [-0.4, -0.2) is 37.5 Å². The quantitative estimate of drug-likeness (QED) is 0.764. The van der Waals surface area contributed by atoms with Gasteiger partial charge in [-0.1, -0.05) is 42.5 Å². The molecule has 1 N–H and O–H groups in total. The molecule has 2 aromatic carbocycles. The zero-order valence-electron chi connectivity index (χ0n) is 17.0. The Morgan fingerprint density at radius 1 is 1.14 bits per heavy atom. The topological polar surface area (TPSA) is 75.7 Å². The van der Waals surface area contributed by atoms with Crippen molar-refractivity contribution in [3.05, 3.63) is 65.2 Å². The van der Waals surface area contributed by atoms with E-state index in [0.717, 1.165) is 22.4 Å². The summed E-state index contributed by atoms with van der Waals surface area (Å²) < 4.78 is 4.86. The molecule has 6 heteroatoms. The summed E-state index contributed by atoms with van der Waals surface area (Å²) in [7, 11) is 1.30. The lowest BCUT2D eigenvalue weighted by molar-refractivity contribution is -0.145. The highest BCUT2D eigenvalue weighted by Gasteiger charge is 2.37. The molecule has 152 valence electrons. The lowest BCUT2D eigenvalue weighted by Gasteiger charge is -2.21. The van der Waals surface area contributed by atoms with Crippen molar-refractivity contribution in [1.29, 1.82) is 0 Å². The van der Waals surface area contributed by atoms with Crippen molar-refractivity contribution in [2.45, 2.75) is 32.7 Å². The lowest BCUT2D eigenvalue weighted by atomic mass is 10.0. The van der Waals surface area contributed by atoms with Crippen LogP contribution >= 0.6 is 0 Å². The molecule has 2 atom stereocenters. The maximum atomic E-state index is 12.8. The summed E-state index contributed by atoms with van der Waals surface area (Å²) >= 11 is 0. The number of ether oxygens (including phenoxy) is 1. The molecular formula is C23H26N2O4. The largest absolute Gasteiger partial charge is 0.467 e. The van der Waals surface area contributed by atoms with Gasteiger partial charge >= 0.3 is 5.97 Å². The predicted molar refractivity (Wildman–Crippen MR) is 110 cm³/mol. The van der Waals surface area contributed by atoms with Gasteiger partial charge < -0.3 is 15.0 Å². The Kier molecular flexibility index (Phi) is 6.32. The normalized spacial score (nSPS) is 17.1. The van der Waals surface area contributed by atoms with E-state index in [4.69, 9.17) is 4.74 Å². The van der Waals surface area contributed by atoms with Gasteiger partial charge in [0.15, 0.2) is 0 Å². The summed E-state index contributed by atoms with van der Waals surface area (Å²) in [6, 6.07) is 14.4. The Balaban J connectivity index is 1.71. The second-order valence-corrected chi connectivity index (χ2v) is 7.40. The molecule has 3 rings (SSSR count). The minimum Gasteiger partial charge on any atom is -0.467 e. The molecule has 1 heterocycles. The maximum absolute atomic E-state index is 12.8. The Labute approximate surface area is 170 Å². The van der Waals surface area contributed by atoms with Crippen molar-refractivity contribution in [3.8, 4) is 0 Å². The Hall–Kier alpha value is -3.15. The van der Waals surface area contributed by atoms with Crippen LogP contribution in [0.1, 0.15) is 23.1 Å². The van der Waals surface area contributed by atoms with E-state index < -0.39 is 17.9 Å². The molecule has 1 aliphatic heterocycles. The molecule has 6 nitrogen and oxygen atoms in total. The van der Waals surface area contributed by atoms with Gasteiger partial charge in [0.05, 0.1) is 13.0 Å². The van der Waals surface area contributed by atoms with Crippen molar-refractivity contribution in [2.75, 3.05) is 18.6 Å². The Bertz CT molecular complexity index is 910. The van der Waals surface area contributed by atoms with E-state index in [1.807, 2.05) is 62.4 Å². The fraction of sp³-hybridized carbons (Fsp3) is 0.348. The highest BCUT2D eigenvalue weighted by Crippen LogP contribution is 2.29. The summed E-state index contributed by atoms with van der Waals surface area (Å²) in [6.45, 7) is 4.26. The van der Waals surface area contributed by atoms with Crippen LogP contribution < -0.4 is 10.2 Å². The molecule has 0 bridgehead atoms. The van der Waals surface area contributed by atoms with Crippen LogP contribution in [0.2, 0.25) is 0 Å². The van der Waals surface area contributed by atoms with Crippen molar-refractivity contribution in [1.82, 2.24) is 5.32 Å². The van der Waals surface area contributed by atoms with Gasteiger partial charge in [0.25, 0.3) is 0 Å². The van der Waals surface area contributed by atoms with E-state index >= 15 is 0 Å². The van der Waals surface area contributed by atoms with E-state index in [-0.39, 0.29) is 18.2 Å². The van der Waals surface area contributed by atoms with E-state index in [1.54, 1.807) is 4.90 Å². The van der Waals surface area contributed by atoms with Gasteiger partial charge in [-0.15, -0.1) is 0 Å². The first-order chi connectivity index (χ1) is 13.9. The molecule has 0 aliphatic carbocycles. The Morgan fingerprint density at radius 2 is 1.86 bits per heavy atom. The van der Waals surface area contributed by atoms with Crippen LogP contribution in [0, 0.1) is 19.8 Å². The number of nitrogens with zero attached hydrogens (tertiary/aromatic N) is 1. The van der Waals surface area contributed by atoms with Crippen molar-refractivity contribution in [3.63, 3.8) is 0 Å². The number of carbonyl (C=O) groups is 3. The minimum absolute atomic E-state index is 0.0865. The first-order valence-corrected chi connectivity index (χ1v) is 9.69. The number of amides is 2. The van der Waals surface area contributed by atoms with Gasteiger partial charge in [-0.2, -0.15) is 0 Å². The van der Waals surface area contributed by atoms with Crippen LogP contribution in [0.25, 0.3) is 0 Å². The first-order valence-electron chi connectivity index (χ1n) is 9.69. The number of anilines is 1. The van der Waals surface area contributed by atoms with Crippen molar-refractivity contribution in [2.24, 2.45) is 5.92 Å². The molecule has 29 heavy (non-hydrogen) atoms. The minimum atomic E-state index is -0.792. The van der Waals surface area contributed by atoms with Crippen molar-refractivity contribution >= 4 is 23.5 Å². The number of methoxy groups -OCH3 is 1. The molecule has 2 aromatic rings. The van der Waals surface area contributed by atoms with Crippen molar-refractivity contribution < 1.29 is 19.1 Å². The summed E-state index contributed by atoms with van der Waals surface area (Å²) in [4.78, 5) is 39.3. The first kappa shape index (κ1) is 20.6. The second kappa shape index (κ2) is 8.90. The van der Waals surface area contributed by atoms with E-state index in [9.17, 15) is 14.4 Å². The van der Waals surface area contributed by atoms with Crippen LogP contribution in [0.4, 0.5) is 5.69 Å². The lowest BCUT2D eigenvalue weighted by Crippen LogP contribution is -2.46. The van der Waals surface area contributed by atoms with Crippen LogP contribution in [-0.2, 0) is 25.5 Å². The molecule has 0 aromatic heterocycles. The van der Waals surface area contributed by atoms with E-state index in [0.29, 0.717) is 13.0 Å². The van der Waals surface area contributed by atoms with Gasteiger partial charge in [-0.25, -0.2) is 4.79 Å². The van der Waals surface area contributed by atoms with Gasteiger partial charge in [-0.3, -0.25) is 9.59 Å². The molecule has 1 saturated heterocycles.